The molecule has 0 saturated carbocycles. The Balaban J connectivity index is 3.00. The highest BCUT2D eigenvalue weighted by molar-refractivity contribution is 6.41. The van der Waals surface area contributed by atoms with Crippen LogP contribution in [0.3, 0.4) is 0 Å². The first-order chi connectivity index (χ1) is 8.86. The molecule has 0 aliphatic carbocycles. The molecule has 8 heteroatoms. The number of nitriles is 1. The van der Waals surface area contributed by atoms with Crippen molar-refractivity contribution in [2.24, 2.45) is 16.1 Å². The third kappa shape index (κ3) is 4.06. The second kappa shape index (κ2) is 6.71. The number of benzene rings is 1. The minimum absolute atomic E-state index is 0.182. The Morgan fingerprint density at radius 1 is 1.37 bits per heavy atom. The van der Waals surface area contributed by atoms with Crippen LogP contribution in [0.25, 0.3) is 0 Å². The van der Waals surface area contributed by atoms with Crippen molar-refractivity contribution in [1.82, 2.24) is 0 Å². The molecule has 0 radical (unpaired) electrons. The van der Waals surface area contributed by atoms with E-state index in [1.54, 1.807) is 6.07 Å². The minimum Gasteiger partial charge on any atom is -0.480 e. The molecule has 0 amide bonds. The molecule has 19 heavy (non-hydrogen) atoms. The van der Waals surface area contributed by atoms with Gasteiger partial charge in [0.1, 0.15) is 5.69 Å². The molecule has 1 N–H and O–H groups in total. The molecule has 0 aliphatic heterocycles. The average molecular weight is 321 g/mol. The van der Waals surface area contributed by atoms with Crippen molar-refractivity contribution in [2.75, 3.05) is 0 Å². The van der Waals surface area contributed by atoms with Crippen molar-refractivity contribution in [2.45, 2.75) is 13.0 Å². The second-order valence-electron chi connectivity index (χ2n) is 3.62. The summed E-state index contributed by atoms with van der Waals surface area (Å²) in [5.41, 5.74) is 0.182. The number of carbonyl (C=O) groups is 1. The van der Waals surface area contributed by atoms with Crippen LogP contribution in [0.15, 0.2) is 22.4 Å². The van der Waals surface area contributed by atoms with Crippen molar-refractivity contribution in [3.05, 3.63) is 27.2 Å². The molecule has 2 unspecified atom stereocenters. The lowest BCUT2D eigenvalue weighted by Crippen LogP contribution is -2.22. The van der Waals surface area contributed by atoms with Crippen LogP contribution in [-0.2, 0) is 4.79 Å². The molecule has 0 spiro atoms. The maximum absolute atomic E-state index is 10.8. The number of hydrogen-bond acceptors (Lipinski definition) is 4. The number of rotatable bonds is 4. The first kappa shape index (κ1) is 15.7. The number of nitrogens with zero attached hydrogens (tertiary/aromatic N) is 3. The third-order valence-electron chi connectivity index (χ3n) is 2.21. The molecule has 100 valence electrons. The van der Waals surface area contributed by atoms with E-state index in [1.165, 1.54) is 19.1 Å². The fourth-order valence-corrected chi connectivity index (χ4v) is 2.11. The van der Waals surface area contributed by atoms with Crippen molar-refractivity contribution in [3.8, 4) is 6.07 Å². The first-order valence-corrected chi connectivity index (χ1v) is 6.18. The maximum atomic E-state index is 10.8. The van der Waals surface area contributed by atoms with E-state index in [-0.39, 0.29) is 15.7 Å². The summed E-state index contributed by atoms with van der Waals surface area (Å²) in [7, 11) is 0. The predicted octanol–water partition coefficient (Wildman–Crippen LogP) is 4.34. The van der Waals surface area contributed by atoms with E-state index in [9.17, 15) is 4.79 Å². The molecule has 0 saturated heterocycles. The topological polar surface area (TPSA) is 85.8 Å². The number of carboxylic acids is 1. The predicted molar refractivity (Wildman–Crippen MR) is 72.2 cm³/mol. The summed E-state index contributed by atoms with van der Waals surface area (Å²) >= 11 is 17.5. The molecule has 0 aromatic heterocycles. The standard InChI is InChI=1S/C11H8Cl3N3O2/c1-5(7(4-15)11(18)19)16-17-10-8(13)2-6(12)3-9(10)14/h2-3,5,7H,1H3,(H,18,19). The molecular weight excluding hydrogens is 312 g/mol. The molecular formula is C11H8Cl3N3O2. The van der Waals surface area contributed by atoms with Gasteiger partial charge in [-0.05, 0) is 19.1 Å². The van der Waals surface area contributed by atoms with Gasteiger partial charge in [-0.25, -0.2) is 0 Å². The van der Waals surface area contributed by atoms with Crippen LogP contribution in [0.2, 0.25) is 15.1 Å². The van der Waals surface area contributed by atoms with Crippen LogP contribution in [0.5, 0.6) is 0 Å². The van der Waals surface area contributed by atoms with Gasteiger partial charge in [0.05, 0.1) is 22.2 Å². The summed E-state index contributed by atoms with van der Waals surface area (Å²) in [5.74, 6) is -2.55. The molecule has 1 rings (SSSR count). The Morgan fingerprint density at radius 3 is 2.32 bits per heavy atom. The maximum Gasteiger partial charge on any atom is 0.323 e. The summed E-state index contributed by atoms with van der Waals surface area (Å²) in [5, 5.41) is 25.8. The van der Waals surface area contributed by atoms with E-state index in [0.717, 1.165) is 0 Å². The molecule has 1 aromatic rings. The fraction of sp³-hybridized carbons (Fsp3) is 0.273. The Bertz CT molecular complexity index is 546. The summed E-state index contributed by atoms with van der Waals surface area (Å²) in [6.45, 7) is 1.46. The zero-order chi connectivity index (χ0) is 14.6. The van der Waals surface area contributed by atoms with Crippen LogP contribution in [0.1, 0.15) is 6.92 Å². The molecule has 0 fully saturated rings. The molecule has 0 aliphatic rings. The van der Waals surface area contributed by atoms with Crippen molar-refractivity contribution < 1.29 is 9.90 Å². The van der Waals surface area contributed by atoms with E-state index in [2.05, 4.69) is 10.2 Å². The van der Waals surface area contributed by atoms with Gasteiger partial charge in [-0.15, -0.1) is 0 Å². The van der Waals surface area contributed by atoms with Crippen LogP contribution in [-0.4, -0.2) is 17.1 Å². The Kier molecular flexibility index (Phi) is 5.55. The van der Waals surface area contributed by atoms with Crippen LogP contribution < -0.4 is 0 Å². The van der Waals surface area contributed by atoms with Gasteiger partial charge in [0.15, 0.2) is 5.92 Å². The lowest BCUT2D eigenvalue weighted by Gasteiger charge is -2.07. The van der Waals surface area contributed by atoms with Gasteiger partial charge in [-0.2, -0.15) is 15.5 Å². The zero-order valence-corrected chi connectivity index (χ0v) is 11.9. The zero-order valence-electron chi connectivity index (χ0n) is 9.64. The molecule has 5 nitrogen and oxygen atoms in total. The monoisotopic (exact) mass is 319 g/mol. The van der Waals surface area contributed by atoms with Gasteiger partial charge in [-0.3, -0.25) is 4.79 Å². The number of halogens is 3. The van der Waals surface area contributed by atoms with Crippen LogP contribution in [0, 0.1) is 17.2 Å². The molecule has 2 atom stereocenters. The highest BCUT2D eigenvalue weighted by Gasteiger charge is 2.24. The highest BCUT2D eigenvalue weighted by Crippen LogP contribution is 2.36. The van der Waals surface area contributed by atoms with Crippen LogP contribution in [0.4, 0.5) is 5.69 Å². The van der Waals surface area contributed by atoms with Gasteiger partial charge in [0.2, 0.25) is 0 Å². The SMILES string of the molecule is CC(N=Nc1c(Cl)cc(Cl)cc1Cl)C(C#N)C(=O)O. The number of azo groups is 1. The normalized spacial score (nSPS) is 14.1. The largest absolute Gasteiger partial charge is 0.480 e. The second-order valence-corrected chi connectivity index (χ2v) is 4.87. The quantitative estimate of drug-likeness (QED) is 0.837. The molecule has 0 heterocycles. The van der Waals surface area contributed by atoms with Gasteiger partial charge < -0.3 is 5.11 Å². The summed E-state index contributed by atoms with van der Waals surface area (Å²) < 4.78 is 0. The van der Waals surface area contributed by atoms with Crippen molar-refractivity contribution in [3.63, 3.8) is 0 Å². The molecule has 1 aromatic carbocycles. The lowest BCUT2D eigenvalue weighted by atomic mass is 10.1. The third-order valence-corrected chi connectivity index (χ3v) is 3.00. The van der Waals surface area contributed by atoms with Crippen LogP contribution >= 0.6 is 34.8 Å². The summed E-state index contributed by atoms with van der Waals surface area (Å²) in [4.78, 5) is 10.8. The van der Waals surface area contributed by atoms with E-state index in [0.29, 0.717) is 5.02 Å². The average Bonchev–Trinajstić information content (AvgIpc) is 2.27. The van der Waals surface area contributed by atoms with E-state index in [4.69, 9.17) is 45.2 Å². The molecule has 0 bridgehead atoms. The van der Waals surface area contributed by atoms with Gasteiger partial charge in [-0.1, -0.05) is 34.8 Å². The summed E-state index contributed by atoms with van der Waals surface area (Å²) in [6, 6.07) is 3.68. The van der Waals surface area contributed by atoms with Gasteiger partial charge in [0.25, 0.3) is 0 Å². The van der Waals surface area contributed by atoms with Gasteiger partial charge in [0, 0.05) is 5.02 Å². The van der Waals surface area contributed by atoms with E-state index in [1.807, 2.05) is 0 Å². The van der Waals surface area contributed by atoms with Crippen molar-refractivity contribution >= 4 is 46.5 Å². The Hall–Kier alpha value is -1.35. The number of aliphatic carboxylic acids is 1. The first-order valence-electron chi connectivity index (χ1n) is 5.04. The number of carboxylic acid groups (broad SMARTS) is 1. The van der Waals surface area contributed by atoms with E-state index < -0.39 is 17.9 Å². The van der Waals surface area contributed by atoms with Crippen molar-refractivity contribution in [1.29, 1.82) is 5.26 Å². The summed E-state index contributed by atoms with van der Waals surface area (Å²) in [6.07, 6.45) is 0. The fourth-order valence-electron chi connectivity index (χ4n) is 1.22. The Labute approximate surface area is 124 Å². The smallest absolute Gasteiger partial charge is 0.323 e. The van der Waals surface area contributed by atoms with Gasteiger partial charge >= 0.3 is 5.97 Å². The minimum atomic E-state index is -1.28. The Morgan fingerprint density at radius 2 is 1.89 bits per heavy atom. The number of hydrogen-bond donors (Lipinski definition) is 1. The highest BCUT2D eigenvalue weighted by atomic mass is 35.5. The van der Waals surface area contributed by atoms with E-state index >= 15 is 0 Å². The lowest BCUT2D eigenvalue weighted by molar-refractivity contribution is -0.140.